The summed E-state index contributed by atoms with van der Waals surface area (Å²) in [6, 6.07) is 69.0. The molecule has 0 atom stereocenters. The van der Waals surface area contributed by atoms with Crippen LogP contribution in [0.5, 0.6) is 0 Å². The van der Waals surface area contributed by atoms with E-state index < -0.39 is 0 Å². The van der Waals surface area contributed by atoms with Crippen LogP contribution in [0.2, 0.25) is 0 Å². The van der Waals surface area contributed by atoms with Crippen LogP contribution in [0.3, 0.4) is 0 Å². The highest BCUT2D eigenvalue weighted by atomic mass is 15.0. The zero-order valence-electron chi connectivity index (χ0n) is 29.3. The lowest BCUT2D eigenvalue weighted by Crippen LogP contribution is -2.01. The lowest BCUT2D eigenvalue weighted by molar-refractivity contribution is 1.14. The maximum atomic E-state index is 5.34. The van der Waals surface area contributed by atoms with Crippen molar-refractivity contribution in [2.24, 2.45) is 0 Å². The molecule has 0 bridgehead atoms. The van der Waals surface area contributed by atoms with Crippen molar-refractivity contribution in [3.05, 3.63) is 194 Å². The van der Waals surface area contributed by atoms with E-state index in [4.69, 9.17) is 9.97 Å². The van der Waals surface area contributed by atoms with Crippen molar-refractivity contribution in [2.45, 2.75) is 0 Å². The van der Waals surface area contributed by atoms with Gasteiger partial charge in [-0.05, 0) is 71.4 Å². The van der Waals surface area contributed by atoms with E-state index in [1.807, 2.05) is 6.07 Å². The molecule has 3 heterocycles. The van der Waals surface area contributed by atoms with Gasteiger partial charge in [0.2, 0.25) is 0 Å². The second-order valence-corrected chi connectivity index (χ2v) is 13.8. The minimum Gasteiger partial charge on any atom is -0.309 e. The predicted octanol–water partition coefficient (Wildman–Crippen LogP) is 12.8. The topological polar surface area (TPSA) is 35.6 Å². The third-order valence-electron chi connectivity index (χ3n) is 10.7. The first kappa shape index (κ1) is 30.3. The number of benzene rings is 8. The molecule has 0 unspecified atom stereocenters. The number of rotatable bonds is 5. The Kier molecular flexibility index (Phi) is 6.82. The Balaban J connectivity index is 1.20. The smallest absolute Gasteiger partial charge is 0.162 e. The molecule has 252 valence electrons. The Morgan fingerprint density at radius 3 is 1.67 bits per heavy atom. The molecule has 0 amide bonds. The highest BCUT2D eigenvalue weighted by Gasteiger charge is 2.21. The number of para-hydroxylation sites is 4. The van der Waals surface area contributed by atoms with Crippen molar-refractivity contribution >= 4 is 54.4 Å². The van der Waals surface area contributed by atoms with E-state index in [0.29, 0.717) is 5.82 Å². The molecule has 0 fully saturated rings. The average molecular weight is 689 g/mol. The lowest BCUT2D eigenvalue weighted by Gasteiger charge is -2.15. The molecule has 0 aliphatic heterocycles. The molecule has 11 aromatic rings. The highest BCUT2D eigenvalue weighted by molar-refractivity contribution is 6.19. The van der Waals surface area contributed by atoms with Crippen molar-refractivity contribution < 1.29 is 0 Å². The largest absolute Gasteiger partial charge is 0.309 e. The minimum atomic E-state index is 0.681. The quantitative estimate of drug-likeness (QED) is 0.180. The van der Waals surface area contributed by atoms with Gasteiger partial charge in [0.15, 0.2) is 5.82 Å². The minimum absolute atomic E-state index is 0.681. The summed E-state index contributed by atoms with van der Waals surface area (Å²) in [5.41, 5.74) is 11.6. The first-order valence-corrected chi connectivity index (χ1v) is 18.3. The van der Waals surface area contributed by atoms with Crippen LogP contribution < -0.4 is 0 Å². The fraction of sp³-hybridized carbons (Fsp3) is 0. The summed E-state index contributed by atoms with van der Waals surface area (Å²) >= 11 is 0. The van der Waals surface area contributed by atoms with Gasteiger partial charge in [0.05, 0.1) is 39.1 Å². The Hall–Kier alpha value is -7.30. The van der Waals surface area contributed by atoms with Crippen LogP contribution in [0.4, 0.5) is 0 Å². The van der Waals surface area contributed by atoms with E-state index in [9.17, 15) is 0 Å². The van der Waals surface area contributed by atoms with Gasteiger partial charge in [-0.3, -0.25) is 0 Å². The Labute approximate surface area is 311 Å². The fourth-order valence-electron chi connectivity index (χ4n) is 8.22. The molecule has 4 heteroatoms. The second-order valence-electron chi connectivity index (χ2n) is 13.8. The molecule has 0 aliphatic rings. The molecule has 0 aliphatic carbocycles. The molecule has 0 saturated heterocycles. The van der Waals surface area contributed by atoms with Crippen LogP contribution in [0.25, 0.3) is 99.7 Å². The van der Waals surface area contributed by atoms with Gasteiger partial charge in [-0.25, -0.2) is 9.97 Å². The molecular formula is C50H32N4. The summed E-state index contributed by atoms with van der Waals surface area (Å²) in [5.74, 6) is 0.681. The van der Waals surface area contributed by atoms with E-state index in [1.165, 1.54) is 37.8 Å². The Morgan fingerprint density at radius 1 is 0.333 bits per heavy atom. The van der Waals surface area contributed by atoms with Gasteiger partial charge in [-0.1, -0.05) is 133 Å². The maximum absolute atomic E-state index is 5.34. The molecule has 0 spiro atoms. The zero-order chi connectivity index (χ0) is 35.6. The van der Waals surface area contributed by atoms with Crippen molar-refractivity contribution in [3.63, 3.8) is 0 Å². The van der Waals surface area contributed by atoms with Gasteiger partial charge < -0.3 is 9.13 Å². The number of fused-ring (bicyclic) bond motifs is 7. The summed E-state index contributed by atoms with van der Waals surface area (Å²) in [5, 5.41) is 7.27. The number of hydrogen-bond donors (Lipinski definition) is 0. The molecule has 0 radical (unpaired) electrons. The van der Waals surface area contributed by atoms with E-state index in [2.05, 4.69) is 197 Å². The van der Waals surface area contributed by atoms with Crippen LogP contribution in [0.1, 0.15) is 0 Å². The van der Waals surface area contributed by atoms with E-state index >= 15 is 0 Å². The number of hydrogen-bond acceptors (Lipinski definition) is 2. The van der Waals surface area contributed by atoms with Crippen molar-refractivity contribution in [2.75, 3.05) is 0 Å². The third kappa shape index (κ3) is 4.78. The zero-order valence-corrected chi connectivity index (χ0v) is 29.3. The van der Waals surface area contributed by atoms with Gasteiger partial charge in [0.25, 0.3) is 0 Å². The van der Waals surface area contributed by atoms with Crippen LogP contribution >= 0.6 is 0 Å². The van der Waals surface area contributed by atoms with Crippen LogP contribution in [0, 0.1) is 0 Å². The first-order valence-electron chi connectivity index (χ1n) is 18.3. The SMILES string of the molecule is c1ccc(-c2cc(-c3ccc4ccccc4c3)nc(-c3ccccc3-n3c4ccccc4c4cc5c6ccccc6n(-c6ccccc6)c5cc43)n2)cc1. The van der Waals surface area contributed by atoms with Gasteiger partial charge in [0, 0.05) is 43.9 Å². The Bertz CT molecular complexity index is 3210. The summed E-state index contributed by atoms with van der Waals surface area (Å²) in [7, 11) is 0. The summed E-state index contributed by atoms with van der Waals surface area (Å²) < 4.78 is 4.79. The van der Waals surface area contributed by atoms with Crippen LogP contribution in [-0.4, -0.2) is 19.1 Å². The average Bonchev–Trinajstić information content (AvgIpc) is 3.75. The van der Waals surface area contributed by atoms with Gasteiger partial charge in [0.1, 0.15) is 0 Å². The van der Waals surface area contributed by atoms with Crippen molar-refractivity contribution in [3.8, 4) is 45.3 Å². The van der Waals surface area contributed by atoms with E-state index in [0.717, 1.165) is 56.0 Å². The summed E-state index contributed by atoms with van der Waals surface area (Å²) in [6.45, 7) is 0. The summed E-state index contributed by atoms with van der Waals surface area (Å²) in [4.78, 5) is 10.6. The molecule has 54 heavy (non-hydrogen) atoms. The molecule has 3 aromatic heterocycles. The monoisotopic (exact) mass is 688 g/mol. The van der Waals surface area contributed by atoms with Crippen LogP contribution in [0.15, 0.2) is 194 Å². The van der Waals surface area contributed by atoms with Crippen molar-refractivity contribution in [1.82, 2.24) is 19.1 Å². The van der Waals surface area contributed by atoms with Gasteiger partial charge in [-0.2, -0.15) is 0 Å². The fourth-order valence-corrected chi connectivity index (χ4v) is 8.22. The lowest BCUT2D eigenvalue weighted by atomic mass is 10.0. The van der Waals surface area contributed by atoms with Gasteiger partial charge in [-0.15, -0.1) is 0 Å². The maximum Gasteiger partial charge on any atom is 0.162 e. The second kappa shape index (κ2) is 12.1. The highest BCUT2D eigenvalue weighted by Crippen LogP contribution is 2.41. The normalized spacial score (nSPS) is 11.7. The molecular weight excluding hydrogens is 657 g/mol. The third-order valence-corrected chi connectivity index (χ3v) is 10.7. The molecule has 0 N–H and O–H groups in total. The number of aromatic nitrogens is 4. The van der Waals surface area contributed by atoms with E-state index in [-0.39, 0.29) is 0 Å². The van der Waals surface area contributed by atoms with Crippen molar-refractivity contribution in [1.29, 1.82) is 0 Å². The first-order chi connectivity index (χ1) is 26.8. The molecule has 8 aromatic carbocycles. The Morgan fingerprint density at radius 2 is 0.907 bits per heavy atom. The molecule has 4 nitrogen and oxygen atoms in total. The molecule has 11 rings (SSSR count). The summed E-state index contributed by atoms with van der Waals surface area (Å²) in [6.07, 6.45) is 0. The standard InChI is InChI=1S/C50H32N4/c1-3-16-34(17-4-1)43-31-44(36-28-27-33-15-7-8-18-35(33)29-36)52-50(51-43)40-23-11-14-26-47(40)54-46-25-13-10-22-39(46)42-30-41-38-21-9-12-24-45(38)53(48(41)32-49(42)54)37-19-5-2-6-20-37/h1-32H. The predicted molar refractivity (Wildman–Crippen MR) is 225 cm³/mol. The number of nitrogens with zero attached hydrogens (tertiary/aromatic N) is 4. The molecule has 0 saturated carbocycles. The van der Waals surface area contributed by atoms with E-state index in [1.54, 1.807) is 0 Å². The van der Waals surface area contributed by atoms with Crippen LogP contribution in [-0.2, 0) is 0 Å². The van der Waals surface area contributed by atoms with Gasteiger partial charge >= 0.3 is 0 Å².